The van der Waals surface area contributed by atoms with Crippen LogP contribution in [0.3, 0.4) is 0 Å². The first kappa shape index (κ1) is 8.74. The van der Waals surface area contributed by atoms with Crippen LogP contribution in [-0.4, -0.2) is 18.4 Å². The number of aldehydes is 1. The predicted molar refractivity (Wildman–Crippen MR) is 50.2 cm³/mol. The van der Waals surface area contributed by atoms with Crippen LogP contribution in [0.25, 0.3) is 10.9 Å². The number of nitrogens with one attached hydrogen (secondary N) is 1. The molecule has 0 aliphatic carbocycles. The summed E-state index contributed by atoms with van der Waals surface area (Å²) in [4.78, 5) is 13.5. The number of hydrogen-bond acceptors (Lipinski definition) is 2. The molecule has 14 heavy (non-hydrogen) atoms. The molecular formula is C10H8FNO2. The Kier molecular flexibility index (Phi) is 1.96. The number of carbonyl (C=O) groups excluding carboxylic acids is 1. The van der Waals surface area contributed by atoms with Crippen molar-refractivity contribution in [3.8, 4) is 5.75 Å². The fraction of sp³-hybridized carbons (Fsp3) is 0.100. The maximum atomic E-state index is 13.0. The summed E-state index contributed by atoms with van der Waals surface area (Å²) in [7, 11) is 1.44. The number of rotatable bonds is 2. The topological polar surface area (TPSA) is 42.1 Å². The van der Waals surface area contributed by atoms with E-state index in [-0.39, 0.29) is 0 Å². The van der Waals surface area contributed by atoms with Crippen molar-refractivity contribution in [3.05, 3.63) is 29.7 Å². The van der Waals surface area contributed by atoms with Gasteiger partial charge in [-0.05, 0) is 6.07 Å². The number of ether oxygens (including phenoxy) is 1. The lowest BCUT2D eigenvalue weighted by Gasteiger charge is -2.02. The van der Waals surface area contributed by atoms with Crippen LogP contribution < -0.4 is 4.74 Å². The molecule has 1 aromatic heterocycles. The molecule has 0 unspecified atom stereocenters. The highest BCUT2D eigenvalue weighted by Gasteiger charge is 2.10. The number of fused-ring (bicyclic) bond motifs is 1. The Morgan fingerprint density at radius 1 is 1.50 bits per heavy atom. The fourth-order valence-electron chi connectivity index (χ4n) is 1.48. The Morgan fingerprint density at radius 2 is 2.29 bits per heavy atom. The molecule has 4 heteroatoms. The van der Waals surface area contributed by atoms with Crippen LogP contribution in [0.1, 0.15) is 10.4 Å². The first-order valence-corrected chi connectivity index (χ1v) is 4.06. The number of H-pyrrole nitrogens is 1. The third-order valence-corrected chi connectivity index (χ3v) is 2.09. The number of hydrogen-bond donors (Lipinski definition) is 1. The highest BCUT2D eigenvalue weighted by atomic mass is 19.1. The van der Waals surface area contributed by atoms with E-state index in [9.17, 15) is 9.18 Å². The van der Waals surface area contributed by atoms with Gasteiger partial charge in [0.15, 0.2) is 6.29 Å². The SMILES string of the molecule is COc1cc(F)cc2[nH]cc(C=O)c12. The van der Waals surface area contributed by atoms with Crippen molar-refractivity contribution in [1.82, 2.24) is 4.98 Å². The van der Waals surface area contributed by atoms with E-state index in [0.29, 0.717) is 28.5 Å². The molecule has 1 N–H and O–H groups in total. The summed E-state index contributed by atoms with van der Waals surface area (Å²) >= 11 is 0. The molecule has 0 saturated carbocycles. The molecule has 1 heterocycles. The minimum absolute atomic E-state index is 0.364. The van der Waals surface area contributed by atoms with Gasteiger partial charge >= 0.3 is 0 Å². The summed E-state index contributed by atoms with van der Waals surface area (Å²) in [6.07, 6.45) is 2.24. The van der Waals surface area contributed by atoms with Gasteiger partial charge < -0.3 is 9.72 Å². The summed E-state index contributed by atoms with van der Waals surface area (Å²) in [5.41, 5.74) is 1.03. The number of aromatic nitrogens is 1. The largest absolute Gasteiger partial charge is 0.496 e. The summed E-state index contributed by atoms with van der Waals surface area (Å²) in [6, 6.07) is 2.58. The Morgan fingerprint density at radius 3 is 2.93 bits per heavy atom. The number of methoxy groups -OCH3 is 1. The number of carbonyl (C=O) groups is 1. The van der Waals surface area contributed by atoms with Crippen molar-refractivity contribution in [3.63, 3.8) is 0 Å². The lowest BCUT2D eigenvalue weighted by atomic mass is 10.1. The second kappa shape index (κ2) is 3.14. The first-order valence-electron chi connectivity index (χ1n) is 4.06. The predicted octanol–water partition coefficient (Wildman–Crippen LogP) is 2.13. The minimum atomic E-state index is -0.395. The molecule has 0 bridgehead atoms. The molecule has 0 atom stereocenters. The van der Waals surface area contributed by atoms with Gasteiger partial charge in [-0.1, -0.05) is 0 Å². The normalized spacial score (nSPS) is 10.4. The molecule has 0 fully saturated rings. The van der Waals surface area contributed by atoms with Gasteiger partial charge in [0.05, 0.1) is 18.0 Å². The Bertz CT molecular complexity index is 490. The van der Waals surface area contributed by atoms with Crippen LogP contribution in [-0.2, 0) is 0 Å². The third kappa shape index (κ3) is 1.16. The summed E-state index contributed by atoms with van der Waals surface area (Å²) in [5, 5.41) is 0.615. The number of halogens is 1. The van der Waals surface area contributed by atoms with Crippen molar-refractivity contribution < 1.29 is 13.9 Å². The van der Waals surface area contributed by atoms with Crippen LogP contribution in [0, 0.1) is 5.82 Å². The standard InChI is InChI=1S/C10H8FNO2/c1-14-9-3-7(11)2-8-10(9)6(5-13)4-12-8/h2-5,12H,1H3. The van der Waals surface area contributed by atoms with Crippen molar-refractivity contribution in [2.24, 2.45) is 0 Å². The van der Waals surface area contributed by atoms with Gasteiger partial charge in [0.1, 0.15) is 11.6 Å². The molecule has 1 aromatic carbocycles. The Labute approximate surface area is 79.5 Å². The van der Waals surface area contributed by atoms with Crippen molar-refractivity contribution in [2.45, 2.75) is 0 Å². The molecule has 2 aromatic rings. The molecule has 0 amide bonds. The lowest BCUT2D eigenvalue weighted by molar-refractivity contribution is 0.112. The first-order chi connectivity index (χ1) is 6.76. The zero-order valence-corrected chi connectivity index (χ0v) is 7.50. The Hall–Kier alpha value is -1.84. The van der Waals surface area contributed by atoms with E-state index in [0.717, 1.165) is 0 Å². The van der Waals surface area contributed by atoms with E-state index in [1.54, 1.807) is 0 Å². The third-order valence-electron chi connectivity index (χ3n) is 2.09. The van der Waals surface area contributed by atoms with Gasteiger partial charge in [-0.2, -0.15) is 0 Å². The van der Waals surface area contributed by atoms with Crippen LogP contribution >= 0.6 is 0 Å². The molecule has 72 valence electrons. The Balaban J connectivity index is 2.85. The molecule has 0 saturated heterocycles. The summed E-state index contributed by atoms with van der Waals surface area (Å²) in [6.45, 7) is 0. The fourth-order valence-corrected chi connectivity index (χ4v) is 1.48. The average molecular weight is 193 g/mol. The van der Waals surface area contributed by atoms with Crippen molar-refractivity contribution >= 4 is 17.2 Å². The van der Waals surface area contributed by atoms with Crippen LogP contribution in [0.15, 0.2) is 18.3 Å². The molecule has 2 rings (SSSR count). The quantitative estimate of drug-likeness (QED) is 0.742. The molecule has 0 radical (unpaired) electrons. The zero-order chi connectivity index (χ0) is 10.1. The van der Waals surface area contributed by atoms with E-state index < -0.39 is 5.82 Å². The highest BCUT2D eigenvalue weighted by Crippen LogP contribution is 2.28. The van der Waals surface area contributed by atoms with Crippen LogP contribution in [0.2, 0.25) is 0 Å². The van der Waals surface area contributed by atoms with E-state index in [1.165, 1.54) is 25.4 Å². The van der Waals surface area contributed by atoms with Gasteiger partial charge in [0.25, 0.3) is 0 Å². The van der Waals surface area contributed by atoms with Gasteiger partial charge in [0.2, 0.25) is 0 Å². The minimum Gasteiger partial charge on any atom is -0.496 e. The average Bonchev–Trinajstić information content (AvgIpc) is 2.59. The van der Waals surface area contributed by atoms with Gasteiger partial charge in [-0.15, -0.1) is 0 Å². The molecule has 0 aliphatic rings. The second-order valence-electron chi connectivity index (χ2n) is 2.89. The summed E-state index contributed by atoms with van der Waals surface area (Å²) < 4.78 is 18.0. The number of benzene rings is 1. The van der Waals surface area contributed by atoms with E-state index in [1.807, 2.05) is 0 Å². The lowest BCUT2D eigenvalue weighted by Crippen LogP contribution is -1.87. The van der Waals surface area contributed by atoms with Crippen molar-refractivity contribution in [1.29, 1.82) is 0 Å². The maximum absolute atomic E-state index is 13.0. The highest BCUT2D eigenvalue weighted by molar-refractivity contribution is 6.00. The van der Waals surface area contributed by atoms with Gasteiger partial charge in [0, 0.05) is 17.8 Å². The molecular weight excluding hydrogens is 185 g/mol. The monoisotopic (exact) mass is 193 g/mol. The zero-order valence-electron chi connectivity index (χ0n) is 7.50. The van der Waals surface area contributed by atoms with Gasteiger partial charge in [-0.25, -0.2) is 4.39 Å². The van der Waals surface area contributed by atoms with E-state index >= 15 is 0 Å². The molecule has 3 nitrogen and oxygen atoms in total. The molecule has 0 spiro atoms. The van der Waals surface area contributed by atoms with Gasteiger partial charge in [-0.3, -0.25) is 4.79 Å². The van der Waals surface area contributed by atoms with Crippen LogP contribution in [0.4, 0.5) is 4.39 Å². The van der Waals surface area contributed by atoms with E-state index in [4.69, 9.17) is 4.74 Å². The van der Waals surface area contributed by atoms with E-state index in [2.05, 4.69) is 4.98 Å². The maximum Gasteiger partial charge on any atom is 0.152 e. The second-order valence-corrected chi connectivity index (χ2v) is 2.89. The number of aromatic amines is 1. The van der Waals surface area contributed by atoms with Crippen molar-refractivity contribution in [2.75, 3.05) is 7.11 Å². The van der Waals surface area contributed by atoms with Crippen LogP contribution in [0.5, 0.6) is 5.75 Å². The molecule has 0 aliphatic heterocycles. The smallest absolute Gasteiger partial charge is 0.152 e. The summed E-state index contributed by atoms with van der Waals surface area (Å²) in [5.74, 6) is -0.0306.